The third-order valence-corrected chi connectivity index (χ3v) is 2.45. The van der Waals surface area contributed by atoms with E-state index in [1.807, 2.05) is 0 Å². The summed E-state index contributed by atoms with van der Waals surface area (Å²) < 4.78 is 36.7. The first-order valence-electron chi connectivity index (χ1n) is 5.41. The number of carboxylic acids is 1. The van der Waals surface area contributed by atoms with Gasteiger partial charge >= 0.3 is 12.1 Å². The minimum absolute atomic E-state index is 0.106. The third kappa shape index (κ3) is 5.18. The van der Waals surface area contributed by atoms with Gasteiger partial charge in [-0.3, -0.25) is 4.79 Å². The van der Waals surface area contributed by atoms with Gasteiger partial charge in [0.05, 0.1) is 6.42 Å². The molecule has 1 aromatic carbocycles. The molecule has 1 atom stereocenters. The van der Waals surface area contributed by atoms with E-state index in [1.165, 1.54) is 18.2 Å². The van der Waals surface area contributed by atoms with Crippen molar-refractivity contribution in [1.82, 2.24) is 0 Å². The number of hydrogen-bond acceptors (Lipinski definition) is 2. The van der Waals surface area contributed by atoms with Gasteiger partial charge in [0.15, 0.2) is 0 Å². The Kier molecular flexibility index (Phi) is 4.72. The van der Waals surface area contributed by atoms with E-state index in [2.05, 4.69) is 0 Å². The monoisotopic (exact) mass is 261 g/mol. The largest absolute Gasteiger partial charge is 0.481 e. The Labute approximate surface area is 102 Å². The molecule has 0 spiro atoms. The summed E-state index contributed by atoms with van der Waals surface area (Å²) in [6, 6.07) is 5.29. The molecule has 0 heterocycles. The number of rotatable bonds is 5. The SMILES string of the molecule is NC(CCC(=O)O)c1cccc(CC(F)(F)F)c1. The van der Waals surface area contributed by atoms with Crippen LogP contribution in [0.3, 0.4) is 0 Å². The number of hydrogen-bond donors (Lipinski definition) is 2. The van der Waals surface area contributed by atoms with Gasteiger partial charge in [0.25, 0.3) is 0 Å². The van der Waals surface area contributed by atoms with Crippen LogP contribution >= 0.6 is 0 Å². The molecule has 0 fully saturated rings. The van der Waals surface area contributed by atoms with E-state index >= 15 is 0 Å². The second kappa shape index (κ2) is 5.86. The van der Waals surface area contributed by atoms with Gasteiger partial charge in [0.1, 0.15) is 0 Å². The van der Waals surface area contributed by atoms with Crippen LogP contribution in [0.5, 0.6) is 0 Å². The molecular weight excluding hydrogens is 247 g/mol. The summed E-state index contributed by atoms with van der Waals surface area (Å²) in [4.78, 5) is 10.4. The average Bonchev–Trinajstić information content (AvgIpc) is 2.23. The van der Waals surface area contributed by atoms with Gasteiger partial charge in [-0.15, -0.1) is 0 Å². The summed E-state index contributed by atoms with van der Waals surface area (Å²) >= 11 is 0. The van der Waals surface area contributed by atoms with Crippen molar-refractivity contribution in [3.05, 3.63) is 35.4 Å². The predicted octanol–water partition coefficient (Wildman–Crippen LogP) is 2.66. The van der Waals surface area contributed by atoms with Gasteiger partial charge in [0.2, 0.25) is 0 Å². The molecule has 0 aromatic heterocycles. The van der Waals surface area contributed by atoms with E-state index in [1.54, 1.807) is 6.07 Å². The molecule has 3 N–H and O–H groups in total. The summed E-state index contributed by atoms with van der Waals surface area (Å²) in [6.45, 7) is 0. The van der Waals surface area contributed by atoms with Crippen LogP contribution in [0.2, 0.25) is 0 Å². The van der Waals surface area contributed by atoms with Crippen LogP contribution in [-0.2, 0) is 11.2 Å². The number of nitrogens with two attached hydrogens (primary N) is 1. The first-order valence-corrected chi connectivity index (χ1v) is 5.41. The lowest BCUT2D eigenvalue weighted by molar-refractivity contribution is -0.137. The highest BCUT2D eigenvalue weighted by atomic mass is 19.4. The number of benzene rings is 1. The molecule has 3 nitrogen and oxygen atoms in total. The molecule has 0 saturated heterocycles. The quantitative estimate of drug-likeness (QED) is 0.856. The van der Waals surface area contributed by atoms with Crippen LogP contribution in [0.25, 0.3) is 0 Å². The van der Waals surface area contributed by atoms with Crippen molar-refractivity contribution in [3.63, 3.8) is 0 Å². The molecule has 0 amide bonds. The van der Waals surface area contributed by atoms with Crippen molar-refractivity contribution in [2.75, 3.05) is 0 Å². The highest BCUT2D eigenvalue weighted by Crippen LogP contribution is 2.23. The highest BCUT2D eigenvalue weighted by Gasteiger charge is 2.27. The fourth-order valence-electron chi connectivity index (χ4n) is 1.61. The Morgan fingerprint density at radius 3 is 2.61 bits per heavy atom. The summed E-state index contributed by atoms with van der Waals surface area (Å²) in [7, 11) is 0. The molecule has 0 bridgehead atoms. The zero-order chi connectivity index (χ0) is 13.8. The minimum atomic E-state index is -4.26. The molecule has 0 aliphatic carbocycles. The maximum absolute atomic E-state index is 12.2. The first-order chi connectivity index (χ1) is 8.28. The van der Waals surface area contributed by atoms with Crippen LogP contribution in [-0.4, -0.2) is 17.3 Å². The zero-order valence-electron chi connectivity index (χ0n) is 9.57. The Balaban J connectivity index is 2.72. The number of carboxylic acid groups (broad SMARTS) is 1. The van der Waals surface area contributed by atoms with E-state index in [0.717, 1.165) is 0 Å². The fourth-order valence-corrected chi connectivity index (χ4v) is 1.61. The lowest BCUT2D eigenvalue weighted by Crippen LogP contribution is -2.14. The average molecular weight is 261 g/mol. The summed E-state index contributed by atoms with van der Waals surface area (Å²) in [5, 5.41) is 8.51. The van der Waals surface area contributed by atoms with Crippen molar-refractivity contribution < 1.29 is 23.1 Å². The Hall–Kier alpha value is -1.56. The molecule has 1 aromatic rings. The van der Waals surface area contributed by atoms with E-state index < -0.39 is 24.6 Å². The molecule has 1 unspecified atom stereocenters. The maximum atomic E-state index is 12.2. The molecule has 6 heteroatoms. The second-order valence-electron chi connectivity index (χ2n) is 4.08. The number of alkyl halides is 3. The second-order valence-corrected chi connectivity index (χ2v) is 4.08. The standard InChI is InChI=1S/C12H14F3NO2/c13-12(14,15)7-8-2-1-3-9(6-8)10(16)4-5-11(17)18/h1-3,6,10H,4-5,7,16H2,(H,17,18). The molecule has 1 rings (SSSR count). The minimum Gasteiger partial charge on any atom is -0.481 e. The molecule has 0 aliphatic rings. The summed E-state index contributed by atoms with van der Waals surface area (Å²) in [5.74, 6) is -0.975. The van der Waals surface area contributed by atoms with Crippen LogP contribution < -0.4 is 5.73 Å². The van der Waals surface area contributed by atoms with Crippen molar-refractivity contribution in [3.8, 4) is 0 Å². The fraction of sp³-hybridized carbons (Fsp3) is 0.417. The van der Waals surface area contributed by atoms with Crippen molar-refractivity contribution in [2.24, 2.45) is 5.73 Å². The number of carbonyl (C=O) groups is 1. The van der Waals surface area contributed by atoms with Crippen LogP contribution in [0.4, 0.5) is 13.2 Å². The van der Waals surface area contributed by atoms with Gasteiger partial charge in [-0.05, 0) is 17.5 Å². The number of halogens is 3. The number of aliphatic carboxylic acids is 1. The van der Waals surface area contributed by atoms with Crippen molar-refractivity contribution >= 4 is 5.97 Å². The summed E-state index contributed by atoms with van der Waals surface area (Å²) in [6.07, 6.45) is -5.17. The van der Waals surface area contributed by atoms with Crippen LogP contribution in [0, 0.1) is 0 Å². The lowest BCUT2D eigenvalue weighted by Gasteiger charge is -2.13. The molecule has 0 radical (unpaired) electrons. The highest BCUT2D eigenvalue weighted by molar-refractivity contribution is 5.66. The van der Waals surface area contributed by atoms with Crippen LogP contribution in [0.1, 0.15) is 30.0 Å². The molecular formula is C12H14F3NO2. The molecule has 18 heavy (non-hydrogen) atoms. The topological polar surface area (TPSA) is 63.3 Å². The molecule has 0 aliphatic heterocycles. The Morgan fingerprint density at radius 1 is 1.39 bits per heavy atom. The predicted molar refractivity (Wildman–Crippen MR) is 60.0 cm³/mol. The van der Waals surface area contributed by atoms with Gasteiger partial charge < -0.3 is 10.8 Å². The van der Waals surface area contributed by atoms with Crippen molar-refractivity contribution in [2.45, 2.75) is 31.5 Å². The van der Waals surface area contributed by atoms with E-state index in [-0.39, 0.29) is 18.4 Å². The lowest BCUT2D eigenvalue weighted by atomic mass is 9.99. The molecule has 100 valence electrons. The van der Waals surface area contributed by atoms with Crippen LogP contribution in [0.15, 0.2) is 24.3 Å². The van der Waals surface area contributed by atoms with E-state index in [9.17, 15) is 18.0 Å². The smallest absolute Gasteiger partial charge is 0.393 e. The van der Waals surface area contributed by atoms with Gasteiger partial charge in [-0.25, -0.2) is 0 Å². The van der Waals surface area contributed by atoms with Crippen molar-refractivity contribution in [1.29, 1.82) is 0 Å². The van der Waals surface area contributed by atoms with Gasteiger partial charge in [0, 0.05) is 12.5 Å². The normalized spacial score (nSPS) is 13.3. The Bertz CT molecular complexity index is 418. The first kappa shape index (κ1) is 14.5. The third-order valence-electron chi connectivity index (χ3n) is 2.45. The zero-order valence-corrected chi connectivity index (χ0v) is 9.57. The van der Waals surface area contributed by atoms with E-state index in [0.29, 0.717) is 5.56 Å². The van der Waals surface area contributed by atoms with E-state index in [4.69, 9.17) is 10.8 Å². The Morgan fingerprint density at radius 2 is 2.06 bits per heavy atom. The van der Waals surface area contributed by atoms with Gasteiger partial charge in [-0.1, -0.05) is 24.3 Å². The molecule has 0 saturated carbocycles. The van der Waals surface area contributed by atoms with Gasteiger partial charge in [-0.2, -0.15) is 13.2 Å². The maximum Gasteiger partial charge on any atom is 0.393 e. The summed E-state index contributed by atoms with van der Waals surface area (Å²) in [5.41, 5.74) is 6.39.